The average Bonchev–Trinajstić information content (AvgIpc) is 2.65. The van der Waals surface area contributed by atoms with E-state index >= 15 is 0 Å². The topological polar surface area (TPSA) is 80.3 Å². The van der Waals surface area contributed by atoms with Crippen LogP contribution in [0.5, 0.6) is 0 Å². The SMILES string of the molecule is CC(C)(C)OC(=O)N1CC2=C(N)N=N[C@@H]2C1. The van der Waals surface area contributed by atoms with Gasteiger partial charge in [-0.3, -0.25) is 0 Å². The Bertz CT molecular complexity index is 381. The summed E-state index contributed by atoms with van der Waals surface area (Å²) in [5, 5.41) is 7.78. The van der Waals surface area contributed by atoms with Crippen LogP contribution in [-0.4, -0.2) is 35.7 Å². The smallest absolute Gasteiger partial charge is 0.410 e. The number of rotatable bonds is 0. The molecule has 0 radical (unpaired) electrons. The highest BCUT2D eigenvalue weighted by molar-refractivity contribution is 5.69. The molecule has 2 N–H and O–H groups in total. The lowest BCUT2D eigenvalue weighted by molar-refractivity contribution is 0.0296. The largest absolute Gasteiger partial charge is 0.444 e. The van der Waals surface area contributed by atoms with Gasteiger partial charge in [0, 0.05) is 5.57 Å². The van der Waals surface area contributed by atoms with E-state index in [9.17, 15) is 4.79 Å². The molecule has 0 aromatic carbocycles. The van der Waals surface area contributed by atoms with Crippen LogP contribution in [0.4, 0.5) is 4.79 Å². The maximum absolute atomic E-state index is 11.8. The second-order valence-electron chi connectivity index (χ2n) is 5.00. The molecule has 6 heteroatoms. The number of likely N-dealkylation sites (tertiary alicyclic amines) is 1. The van der Waals surface area contributed by atoms with E-state index < -0.39 is 5.60 Å². The third kappa shape index (κ3) is 2.00. The minimum Gasteiger partial charge on any atom is -0.444 e. The van der Waals surface area contributed by atoms with Crippen LogP contribution in [0.2, 0.25) is 0 Å². The van der Waals surface area contributed by atoms with Crippen LogP contribution in [0, 0.1) is 0 Å². The van der Waals surface area contributed by atoms with Gasteiger partial charge in [-0.2, -0.15) is 5.11 Å². The van der Waals surface area contributed by atoms with Crippen molar-refractivity contribution in [3.05, 3.63) is 11.4 Å². The van der Waals surface area contributed by atoms with Crippen LogP contribution >= 0.6 is 0 Å². The second-order valence-corrected chi connectivity index (χ2v) is 5.00. The van der Waals surface area contributed by atoms with Crippen LogP contribution in [-0.2, 0) is 4.74 Å². The summed E-state index contributed by atoms with van der Waals surface area (Å²) in [7, 11) is 0. The summed E-state index contributed by atoms with van der Waals surface area (Å²) in [4.78, 5) is 13.4. The molecule has 2 rings (SSSR count). The summed E-state index contributed by atoms with van der Waals surface area (Å²) < 4.78 is 5.27. The van der Waals surface area contributed by atoms with Gasteiger partial charge < -0.3 is 15.4 Å². The molecule has 1 saturated heterocycles. The van der Waals surface area contributed by atoms with Crippen molar-refractivity contribution >= 4 is 6.09 Å². The van der Waals surface area contributed by atoms with Crippen molar-refractivity contribution in [3.8, 4) is 0 Å². The predicted octanol–water partition coefficient (Wildman–Crippen LogP) is 1.24. The third-order valence-corrected chi connectivity index (χ3v) is 2.44. The van der Waals surface area contributed by atoms with Gasteiger partial charge >= 0.3 is 6.09 Å². The molecular formula is C10H16N4O2. The van der Waals surface area contributed by atoms with Gasteiger partial charge in [0.1, 0.15) is 17.5 Å². The van der Waals surface area contributed by atoms with Crippen molar-refractivity contribution in [2.24, 2.45) is 16.0 Å². The van der Waals surface area contributed by atoms with Crippen LogP contribution in [0.25, 0.3) is 0 Å². The molecule has 0 saturated carbocycles. The summed E-state index contributed by atoms with van der Waals surface area (Å²) in [6.45, 7) is 6.51. The molecule has 1 fully saturated rings. The van der Waals surface area contributed by atoms with Gasteiger partial charge in [-0.05, 0) is 20.8 Å². The molecule has 1 amide bonds. The number of carbonyl (C=O) groups excluding carboxylic acids is 1. The van der Waals surface area contributed by atoms with Crippen LogP contribution in [0.1, 0.15) is 20.8 Å². The number of fused-ring (bicyclic) bond motifs is 1. The summed E-state index contributed by atoms with van der Waals surface area (Å²) >= 11 is 0. The number of carbonyl (C=O) groups is 1. The lowest BCUT2D eigenvalue weighted by Crippen LogP contribution is -2.35. The number of azo groups is 1. The first kappa shape index (κ1) is 10.9. The minimum absolute atomic E-state index is 0.0625. The quantitative estimate of drug-likeness (QED) is 0.672. The van der Waals surface area contributed by atoms with Crippen molar-refractivity contribution in [1.82, 2.24) is 4.90 Å². The van der Waals surface area contributed by atoms with E-state index in [1.807, 2.05) is 20.8 Å². The standard InChI is InChI=1S/C10H16N4O2/c1-10(2,3)16-9(15)14-4-6-7(5-14)12-13-8(6)11/h7H,4-5,11H2,1-3H3/t7-/m1/s1. The lowest BCUT2D eigenvalue weighted by atomic mass is 10.2. The maximum Gasteiger partial charge on any atom is 0.410 e. The van der Waals surface area contributed by atoms with E-state index in [0.717, 1.165) is 5.57 Å². The number of nitrogens with zero attached hydrogens (tertiary/aromatic N) is 3. The highest BCUT2D eigenvalue weighted by atomic mass is 16.6. The first-order chi connectivity index (χ1) is 7.37. The Morgan fingerprint density at radius 1 is 1.56 bits per heavy atom. The molecule has 2 heterocycles. The molecule has 0 aliphatic carbocycles. The van der Waals surface area contributed by atoms with Crippen molar-refractivity contribution in [2.75, 3.05) is 13.1 Å². The zero-order valence-corrected chi connectivity index (χ0v) is 9.73. The normalized spacial score (nSPS) is 23.9. The fourth-order valence-corrected chi connectivity index (χ4v) is 1.71. The first-order valence-electron chi connectivity index (χ1n) is 5.24. The molecular weight excluding hydrogens is 208 g/mol. The number of ether oxygens (including phenoxy) is 1. The van der Waals surface area contributed by atoms with Crippen molar-refractivity contribution in [2.45, 2.75) is 32.4 Å². The van der Waals surface area contributed by atoms with Gasteiger partial charge in [-0.1, -0.05) is 0 Å². The van der Waals surface area contributed by atoms with E-state index in [2.05, 4.69) is 10.2 Å². The van der Waals surface area contributed by atoms with Gasteiger partial charge in [0.2, 0.25) is 0 Å². The van der Waals surface area contributed by atoms with Crippen LogP contribution < -0.4 is 5.73 Å². The fourth-order valence-electron chi connectivity index (χ4n) is 1.71. The minimum atomic E-state index is -0.476. The zero-order chi connectivity index (χ0) is 11.9. The Hall–Kier alpha value is -1.59. The van der Waals surface area contributed by atoms with E-state index in [1.54, 1.807) is 4.90 Å². The number of amides is 1. The number of hydrogen-bond acceptors (Lipinski definition) is 5. The van der Waals surface area contributed by atoms with Gasteiger partial charge in [-0.25, -0.2) is 4.79 Å². The Kier molecular flexibility index (Phi) is 2.36. The summed E-state index contributed by atoms with van der Waals surface area (Å²) in [6.07, 6.45) is -0.322. The Morgan fingerprint density at radius 2 is 2.25 bits per heavy atom. The molecule has 16 heavy (non-hydrogen) atoms. The van der Waals surface area contributed by atoms with E-state index in [0.29, 0.717) is 18.9 Å². The van der Waals surface area contributed by atoms with Gasteiger partial charge in [0.15, 0.2) is 0 Å². The first-order valence-corrected chi connectivity index (χ1v) is 5.24. The lowest BCUT2D eigenvalue weighted by Gasteiger charge is -2.24. The second kappa shape index (κ2) is 3.47. The fraction of sp³-hybridized carbons (Fsp3) is 0.700. The van der Waals surface area contributed by atoms with Crippen molar-refractivity contribution in [1.29, 1.82) is 0 Å². The molecule has 0 bridgehead atoms. The van der Waals surface area contributed by atoms with Crippen LogP contribution in [0.3, 0.4) is 0 Å². The number of hydrogen-bond donors (Lipinski definition) is 1. The Labute approximate surface area is 94.1 Å². The molecule has 88 valence electrons. The molecule has 6 nitrogen and oxygen atoms in total. The van der Waals surface area contributed by atoms with E-state index in [1.165, 1.54) is 0 Å². The third-order valence-electron chi connectivity index (χ3n) is 2.44. The summed E-state index contributed by atoms with van der Waals surface area (Å²) in [6, 6.07) is -0.0625. The van der Waals surface area contributed by atoms with Gasteiger partial charge in [-0.15, -0.1) is 5.11 Å². The molecule has 0 aromatic heterocycles. The van der Waals surface area contributed by atoms with E-state index in [-0.39, 0.29) is 12.1 Å². The number of nitrogens with two attached hydrogens (primary N) is 1. The Morgan fingerprint density at radius 3 is 2.81 bits per heavy atom. The molecule has 0 aromatic rings. The van der Waals surface area contributed by atoms with Gasteiger partial charge in [0.25, 0.3) is 0 Å². The summed E-state index contributed by atoms with van der Waals surface area (Å²) in [5.74, 6) is 0.441. The highest BCUT2D eigenvalue weighted by Gasteiger charge is 2.37. The monoisotopic (exact) mass is 224 g/mol. The van der Waals surface area contributed by atoms with E-state index in [4.69, 9.17) is 10.5 Å². The maximum atomic E-state index is 11.8. The average molecular weight is 224 g/mol. The molecule has 2 aliphatic rings. The Balaban J connectivity index is 2.01. The molecule has 1 atom stereocenters. The molecule has 0 unspecified atom stereocenters. The molecule has 0 spiro atoms. The summed E-state index contributed by atoms with van der Waals surface area (Å²) in [5.41, 5.74) is 6.10. The van der Waals surface area contributed by atoms with Crippen LogP contribution in [0.15, 0.2) is 21.6 Å². The predicted molar refractivity (Wildman–Crippen MR) is 57.7 cm³/mol. The highest BCUT2D eigenvalue weighted by Crippen LogP contribution is 2.27. The van der Waals surface area contributed by atoms with Gasteiger partial charge in [0.05, 0.1) is 13.1 Å². The molecule has 2 aliphatic heterocycles. The zero-order valence-electron chi connectivity index (χ0n) is 9.73. The van der Waals surface area contributed by atoms with Crippen molar-refractivity contribution in [3.63, 3.8) is 0 Å². The van der Waals surface area contributed by atoms with Crippen molar-refractivity contribution < 1.29 is 9.53 Å².